The molecule has 0 spiro atoms. The van der Waals surface area contributed by atoms with E-state index in [4.69, 9.17) is 5.73 Å². The molecule has 3 heteroatoms. The van der Waals surface area contributed by atoms with Crippen LogP contribution in [0.3, 0.4) is 0 Å². The first-order valence-corrected chi connectivity index (χ1v) is 3.69. The van der Waals surface area contributed by atoms with Gasteiger partial charge < -0.3 is 10.5 Å². The minimum Gasteiger partial charge on any atom is -0.442 e. The molecule has 11 heavy (non-hydrogen) atoms. The molecule has 1 atom stereocenters. The van der Waals surface area contributed by atoms with Crippen molar-refractivity contribution in [3.05, 3.63) is 11.6 Å². The van der Waals surface area contributed by atoms with Crippen LogP contribution in [-0.2, 0) is 4.74 Å². The average molecular weight is 157 g/mol. The normalized spacial score (nSPS) is 14.3. The van der Waals surface area contributed by atoms with Gasteiger partial charge in [-0.25, -0.2) is 4.79 Å². The largest absolute Gasteiger partial charge is 0.442 e. The van der Waals surface area contributed by atoms with Gasteiger partial charge in [0.15, 0.2) is 0 Å². The van der Waals surface area contributed by atoms with Gasteiger partial charge in [0, 0.05) is 0 Å². The highest BCUT2D eigenvalue weighted by Gasteiger charge is 2.01. The van der Waals surface area contributed by atoms with Crippen molar-refractivity contribution in [3.63, 3.8) is 0 Å². The molecule has 0 aromatic rings. The van der Waals surface area contributed by atoms with Gasteiger partial charge in [0.1, 0.15) is 6.10 Å². The fourth-order valence-electron chi connectivity index (χ4n) is 0.736. The van der Waals surface area contributed by atoms with Crippen LogP contribution in [0, 0.1) is 0 Å². The van der Waals surface area contributed by atoms with Crippen LogP contribution in [0.15, 0.2) is 11.6 Å². The third-order valence-corrected chi connectivity index (χ3v) is 1.38. The Balaban J connectivity index is 3.85. The minimum absolute atomic E-state index is 0.215. The highest BCUT2D eigenvalue weighted by atomic mass is 16.6. The standard InChI is InChI=1S/C8H15NO2/c1-4-6(2)5-7(3)11-8(9)10/h5,7H,4H2,1-3H3,(H2,9,10)/b6-5+. The lowest BCUT2D eigenvalue weighted by Gasteiger charge is -2.06. The molecule has 0 fully saturated rings. The van der Waals surface area contributed by atoms with E-state index in [1.165, 1.54) is 5.57 Å². The third-order valence-electron chi connectivity index (χ3n) is 1.38. The molecule has 1 amide bonds. The van der Waals surface area contributed by atoms with E-state index in [1.807, 2.05) is 19.9 Å². The van der Waals surface area contributed by atoms with Gasteiger partial charge in [-0.1, -0.05) is 12.5 Å². The number of rotatable bonds is 3. The molecular weight excluding hydrogens is 142 g/mol. The van der Waals surface area contributed by atoms with Crippen LogP contribution in [-0.4, -0.2) is 12.2 Å². The zero-order chi connectivity index (χ0) is 8.85. The van der Waals surface area contributed by atoms with Crippen LogP contribution >= 0.6 is 0 Å². The lowest BCUT2D eigenvalue weighted by Crippen LogP contribution is -2.18. The van der Waals surface area contributed by atoms with E-state index in [0.29, 0.717) is 0 Å². The molecule has 0 rings (SSSR count). The molecule has 0 heterocycles. The second kappa shape index (κ2) is 4.77. The van der Waals surface area contributed by atoms with E-state index >= 15 is 0 Å². The molecule has 64 valence electrons. The Hall–Kier alpha value is -0.990. The zero-order valence-electron chi connectivity index (χ0n) is 7.26. The summed E-state index contributed by atoms with van der Waals surface area (Å²) in [5.74, 6) is 0. The third kappa shape index (κ3) is 5.45. The first kappa shape index (κ1) is 10.0. The lowest BCUT2D eigenvalue weighted by molar-refractivity contribution is 0.137. The Labute approximate surface area is 67.2 Å². The van der Waals surface area contributed by atoms with Crippen LogP contribution in [0.4, 0.5) is 4.79 Å². The Kier molecular flexibility index (Phi) is 4.34. The van der Waals surface area contributed by atoms with Crippen molar-refractivity contribution in [2.75, 3.05) is 0 Å². The van der Waals surface area contributed by atoms with Crippen molar-refractivity contribution in [3.8, 4) is 0 Å². The molecule has 0 aliphatic heterocycles. The topological polar surface area (TPSA) is 52.3 Å². The number of carbonyl (C=O) groups excluding carboxylic acids is 1. The van der Waals surface area contributed by atoms with Gasteiger partial charge in [0.2, 0.25) is 0 Å². The number of nitrogens with two attached hydrogens (primary N) is 1. The van der Waals surface area contributed by atoms with Gasteiger partial charge in [-0.2, -0.15) is 0 Å². The number of allylic oxidation sites excluding steroid dienone is 1. The van der Waals surface area contributed by atoms with Gasteiger partial charge in [-0.3, -0.25) is 0 Å². The van der Waals surface area contributed by atoms with E-state index in [1.54, 1.807) is 6.92 Å². The van der Waals surface area contributed by atoms with Crippen molar-refractivity contribution in [2.24, 2.45) is 5.73 Å². The van der Waals surface area contributed by atoms with E-state index in [-0.39, 0.29) is 6.10 Å². The van der Waals surface area contributed by atoms with Crippen LogP contribution in [0.1, 0.15) is 27.2 Å². The summed E-state index contributed by atoms with van der Waals surface area (Å²) < 4.78 is 4.69. The fourth-order valence-corrected chi connectivity index (χ4v) is 0.736. The number of carbonyl (C=O) groups is 1. The Morgan fingerprint density at radius 3 is 2.64 bits per heavy atom. The summed E-state index contributed by atoms with van der Waals surface area (Å²) in [7, 11) is 0. The van der Waals surface area contributed by atoms with Gasteiger partial charge in [-0.15, -0.1) is 0 Å². The van der Waals surface area contributed by atoms with Gasteiger partial charge in [0.05, 0.1) is 0 Å². The number of ether oxygens (including phenoxy) is 1. The average Bonchev–Trinajstić information content (AvgIpc) is 1.85. The molecule has 0 aromatic heterocycles. The van der Waals surface area contributed by atoms with Crippen molar-refractivity contribution in [1.29, 1.82) is 0 Å². The number of hydrogen-bond donors (Lipinski definition) is 1. The van der Waals surface area contributed by atoms with Crippen molar-refractivity contribution in [1.82, 2.24) is 0 Å². The first-order valence-electron chi connectivity index (χ1n) is 3.69. The predicted molar refractivity (Wildman–Crippen MR) is 44.2 cm³/mol. The van der Waals surface area contributed by atoms with E-state index < -0.39 is 6.09 Å². The summed E-state index contributed by atoms with van der Waals surface area (Å²) in [6.45, 7) is 5.81. The molecule has 0 radical (unpaired) electrons. The molecule has 0 aliphatic rings. The Morgan fingerprint density at radius 2 is 2.27 bits per heavy atom. The summed E-state index contributed by atoms with van der Waals surface area (Å²) in [5.41, 5.74) is 6.01. The molecule has 0 aromatic carbocycles. The van der Waals surface area contributed by atoms with E-state index in [2.05, 4.69) is 4.74 Å². The Morgan fingerprint density at radius 1 is 1.73 bits per heavy atom. The van der Waals surface area contributed by atoms with Crippen molar-refractivity contribution in [2.45, 2.75) is 33.3 Å². The maximum Gasteiger partial charge on any atom is 0.405 e. The van der Waals surface area contributed by atoms with Crippen molar-refractivity contribution >= 4 is 6.09 Å². The predicted octanol–water partition coefficient (Wildman–Crippen LogP) is 1.83. The minimum atomic E-state index is -0.724. The summed E-state index contributed by atoms with van der Waals surface area (Å²) in [5, 5.41) is 0. The SMILES string of the molecule is CC/C(C)=C/C(C)OC(N)=O. The lowest BCUT2D eigenvalue weighted by atomic mass is 10.2. The van der Waals surface area contributed by atoms with Gasteiger partial charge in [-0.05, 0) is 26.3 Å². The number of amides is 1. The first-order chi connectivity index (χ1) is 5.06. The quantitative estimate of drug-likeness (QED) is 0.635. The highest BCUT2D eigenvalue weighted by Crippen LogP contribution is 2.02. The van der Waals surface area contributed by atoms with E-state index in [0.717, 1.165) is 6.42 Å². The van der Waals surface area contributed by atoms with Crippen LogP contribution < -0.4 is 5.73 Å². The maximum absolute atomic E-state index is 10.3. The fraction of sp³-hybridized carbons (Fsp3) is 0.625. The summed E-state index contributed by atoms with van der Waals surface area (Å²) in [6, 6.07) is 0. The summed E-state index contributed by atoms with van der Waals surface area (Å²) >= 11 is 0. The second-order valence-electron chi connectivity index (χ2n) is 2.51. The molecule has 0 bridgehead atoms. The van der Waals surface area contributed by atoms with Gasteiger partial charge in [0.25, 0.3) is 0 Å². The van der Waals surface area contributed by atoms with E-state index in [9.17, 15) is 4.79 Å². The molecule has 2 N–H and O–H groups in total. The second-order valence-corrected chi connectivity index (χ2v) is 2.51. The van der Waals surface area contributed by atoms with Crippen LogP contribution in [0.2, 0.25) is 0 Å². The zero-order valence-corrected chi connectivity index (χ0v) is 7.26. The number of hydrogen-bond acceptors (Lipinski definition) is 2. The summed E-state index contributed by atoms with van der Waals surface area (Å²) in [4.78, 5) is 10.3. The summed E-state index contributed by atoms with van der Waals surface area (Å²) in [6.07, 6.45) is 1.90. The molecule has 0 saturated heterocycles. The Bertz CT molecular complexity index is 163. The molecule has 0 aliphatic carbocycles. The number of primary amides is 1. The maximum atomic E-state index is 10.3. The van der Waals surface area contributed by atoms with Crippen molar-refractivity contribution < 1.29 is 9.53 Å². The molecular formula is C8H15NO2. The monoisotopic (exact) mass is 157 g/mol. The van der Waals surface area contributed by atoms with Crippen LogP contribution in [0.25, 0.3) is 0 Å². The molecule has 3 nitrogen and oxygen atoms in total. The molecule has 0 saturated carbocycles. The molecule has 1 unspecified atom stereocenters. The van der Waals surface area contributed by atoms with Crippen LogP contribution in [0.5, 0.6) is 0 Å². The highest BCUT2D eigenvalue weighted by molar-refractivity contribution is 5.64. The van der Waals surface area contributed by atoms with Gasteiger partial charge >= 0.3 is 6.09 Å². The smallest absolute Gasteiger partial charge is 0.405 e.